The van der Waals surface area contributed by atoms with Crippen LogP contribution in [0.3, 0.4) is 0 Å². The van der Waals surface area contributed by atoms with E-state index in [9.17, 15) is 18.7 Å². The Balaban J connectivity index is 2.38. The van der Waals surface area contributed by atoms with Gasteiger partial charge >= 0.3 is 0 Å². The molecule has 0 spiro atoms. The lowest BCUT2D eigenvalue weighted by atomic mass is 10.1. The average Bonchev–Trinajstić information content (AvgIpc) is 2.31. The van der Waals surface area contributed by atoms with Gasteiger partial charge in [-0.05, 0) is 31.2 Å². The van der Waals surface area contributed by atoms with Gasteiger partial charge in [-0.3, -0.25) is 4.79 Å². The second-order valence-corrected chi connectivity index (χ2v) is 3.96. The zero-order chi connectivity index (χ0) is 13.5. The minimum absolute atomic E-state index is 0.0825. The average molecular weight is 258 g/mol. The van der Waals surface area contributed by atoms with E-state index in [0.29, 0.717) is 13.0 Å². The largest absolute Gasteiger partial charge is 0.387 e. The van der Waals surface area contributed by atoms with Gasteiger partial charge in [0.15, 0.2) is 0 Å². The molecule has 6 heteroatoms. The van der Waals surface area contributed by atoms with Crippen LogP contribution in [0.4, 0.5) is 8.78 Å². The topological polar surface area (TPSA) is 75.4 Å². The molecule has 0 aliphatic rings. The van der Waals surface area contributed by atoms with Crippen molar-refractivity contribution in [3.8, 4) is 0 Å². The molecule has 0 radical (unpaired) electrons. The van der Waals surface area contributed by atoms with Crippen LogP contribution in [-0.4, -0.2) is 24.1 Å². The highest BCUT2D eigenvalue weighted by Gasteiger charge is 2.13. The summed E-state index contributed by atoms with van der Waals surface area (Å²) in [5.41, 5.74) is 4.87. The van der Waals surface area contributed by atoms with Crippen molar-refractivity contribution in [1.82, 2.24) is 5.32 Å². The minimum Gasteiger partial charge on any atom is -0.387 e. The molecule has 0 heterocycles. The first-order valence-corrected chi connectivity index (χ1v) is 5.62. The Morgan fingerprint density at radius 3 is 2.83 bits per heavy atom. The number of carbonyl (C=O) groups excluding carboxylic acids is 1. The molecule has 4 nitrogen and oxygen atoms in total. The Morgan fingerprint density at radius 1 is 1.44 bits per heavy atom. The van der Waals surface area contributed by atoms with Crippen molar-refractivity contribution in [2.45, 2.75) is 18.9 Å². The fourth-order valence-electron chi connectivity index (χ4n) is 1.51. The number of aliphatic hydroxyl groups excluding tert-OH is 1. The molecule has 1 unspecified atom stereocenters. The zero-order valence-corrected chi connectivity index (χ0v) is 9.83. The van der Waals surface area contributed by atoms with Gasteiger partial charge in [0.05, 0.1) is 6.10 Å². The Morgan fingerprint density at radius 2 is 2.17 bits per heavy atom. The lowest BCUT2D eigenvalue weighted by molar-refractivity contribution is -0.118. The van der Waals surface area contributed by atoms with Crippen molar-refractivity contribution < 1.29 is 18.7 Å². The highest BCUT2D eigenvalue weighted by atomic mass is 19.1. The molecule has 0 saturated carbocycles. The summed E-state index contributed by atoms with van der Waals surface area (Å²) in [7, 11) is 0. The molecule has 1 aromatic carbocycles. The van der Waals surface area contributed by atoms with Crippen LogP contribution >= 0.6 is 0 Å². The van der Waals surface area contributed by atoms with Gasteiger partial charge in [-0.2, -0.15) is 0 Å². The molecule has 1 aromatic rings. The predicted molar refractivity (Wildman–Crippen MR) is 62.6 cm³/mol. The summed E-state index contributed by atoms with van der Waals surface area (Å²) in [5.74, 6) is -1.64. The van der Waals surface area contributed by atoms with Gasteiger partial charge in [-0.25, -0.2) is 8.78 Å². The summed E-state index contributed by atoms with van der Waals surface area (Å²) in [6.45, 7) is 0.552. The molecule has 0 aromatic heterocycles. The summed E-state index contributed by atoms with van der Waals surface area (Å²) in [4.78, 5) is 10.5. The van der Waals surface area contributed by atoms with Crippen molar-refractivity contribution in [1.29, 1.82) is 0 Å². The van der Waals surface area contributed by atoms with Gasteiger partial charge in [0, 0.05) is 18.5 Å². The SMILES string of the molecule is NC(=O)CCCNCC(O)c1cc(F)ccc1F. The number of nitrogens with one attached hydrogen (secondary N) is 1. The Bertz CT molecular complexity index is 413. The number of aliphatic hydroxyl groups is 1. The fraction of sp³-hybridized carbons (Fsp3) is 0.417. The summed E-state index contributed by atoms with van der Waals surface area (Å²) >= 11 is 0. The highest BCUT2D eigenvalue weighted by Crippen LogP contribution is 2.17. The molecule has 0 aliphatic heterocycles. The van der Waals surface area contributed by atoms with Crippen LogP contribution in [0.25, 0.3) is 0 Å². The van der Waals surface area contributed by atoms with Gasteiger partial charge in [-0.15, -0.1) is 0 Å². The molecule has 100 valence electrons. The molecular formula is C12H16F2N2O2. The van der Waals surface area contributed by atoms with Gasteiger partial charge < -0.3 is 16.2 Å². The molecule has 0 bridgehead atoms. The van der Waals surface area contributed by atoms with E-state index in [1.54, 1.807) is 0 Å². The molecular weight excluding hydrogens is 242 g/mol. The van der Waals surface area contributed by atoms with Crippen LogP contribution < -0.4 is 11.1 Å². The Kier molecular flexibility index (Phi) is 5.67. The van der Waals surface area contributed by atoms with Crippen LogP contribution in [0.15, 0.2) is 18.2 Å². The van der Waals surface area contributed by atoms with Crippen molar-refractivity contribution >= 4 is 5.91 Å². The van der Waals surface area contributed by atoms with Crippen molar-refractivity contribution in [2.24, 2.45) is 5.73 Å². The highest BCUT2D eigenvalue weighted by molar-refractivity contribution is 5.73. The number of carbonyl (C=O) groups is 1. The lowest BCUT2D eigenvalue weighted by Crippen LogP contribution is -2.24. The van der Waals surface area contributed by atoms with Gasteiger partial charge in [0.1, 0.15) is 11.6 Å². The predicted octanol–water partition coefficient (Wildman–Crippen LogP) is 0.853. The number of hydrogen-bond donors (Lipinski definition) is 3. The van der Waals surface area contributed by atoms with E-state index in [2.05, 4.69) is 5.32 Å². The van der Waals surface area contributed by atoms with E-state index in [1.165, 1.54) is 0 Å². The number of hydrogen-bond acceptors (Lipinski definition) is 3. The number of nitrogens with two attached hydrogens (primary N) is 1. The molecule has 0 fully saturated rings. The van der Waals surface area contributed by atoms with Crippen LogP contribution in [-0.2, 0) is 4.79 Å². The van der Waals surface area contributed by atoms with E-state index >= 15 is 0 Å². The summed E-state index contributed by atoms with van der Waals surface area (Å²) in [6, 6.07) is 2.93. The third kappa shape index (κ3) is 4.77. The molecule has 1 atom stereocenters. The summed E-state index contributed by atoms with van der Waals surface area (Å²) < 4.78 is 26.2. The molecule has 1 rings (SSSR count). The Labute approximate surface area is 104 Å². The van der Waals surface area contributed by atoms with E-state index in [0.717, 1.165) is 18.2 Å². The smallest absolute Gasteiger partial charge is 0.217 e. The zero-order valence-electron chi connectivity index (χ0n) is 9.83. The molecule has 18 heavy (non-hydrogen) atoms. The monoisotopic (exact) mass is 258 g/mol. The maximum atomic E-state index is 13.3. The second kappa shape index (κ2) is 7.03. The fourth-order valence-corrected chi connectivity index (χ4v) is 1.51. The maximum Gasteiger partial charge on any atom is 0.217 e. The maximum absolute atomic E-state index is 13.3. The summed E-state index contributed by atoms with van der Waals surface area (Å²) in [6.07, 6.45) is -0.347. The molecule has 0 saturated heterocycles. The van der Waals surface area contributed by atoms with Crippen LogP contribution in [0.5, 0.6) is 0 Å². The number of benzene rings is 1. The van der Waals surface area contributed by atoms with E-state index in [4.69, 9.17) is 5.73 Å². The quantitative estimate of drug-likeness (QED) is 0.635. The van der Waals surface area contributed by atoms with Crippen molar-refractivity contribution in [3.05, 3.63) is 35.4 Å². The first-order chi connectivity index (χ1) is 8.50. The van der Waals surface area contributed by atoms with Gasteiger partial charge in [0.25, 0.3) is 0 Å². The van der Waals surface area contributed by atoms with E-state index in [1.807, 2.05) is 0 Å². The number of halogens is 2. The molecule has 4 N–H and O–H groups in total. The first-order valence-electron chi connectivity index (χ1n) is 5.62. The first kappa shape index (κ1) is 14.5. The second-order valence-electron chi connectivity index (χ2n) is 3.96. The van der Waals surface area contributed by atoms with Crippen LogP contribution in [0, 0.1) is 11.6 Å². The van der Waals surface area contributed by atoms with Crippen LogP contribution in [0.1, 0.15) is 24.5 Å². The normalized spacial score (nSPS) is 12.4. The van der Waals surface area contributed by atoms with Gasteiger partial charge in [-0.1, -0.05) is 0 Å². The number of amides is 1. The molecule has 0 aliphatic carbocycles. The lowest BCUT2D eigenvalue weighted by Gasteiger charge is -2.13. The van der Waals surface area contributed by atoms with E-state index < -0.39 is 23.6 Å². The van der Waals surface area contributed by atoms with Gasteiger partial charge in [0.2, 0.25) is 5.91 Å². The van der Waals surface area contributed by atoms with Crippen LogP contribution in [0.2, 0.25) is 0 Å². The standard InChI is InChI=1S/C12H16F2N2O2/c13-8-3-4-10(14)9(6-8)11(17)7-16-5-1-2-12(15)18/h3-4,6,11,16-17H,1-2,5,7H2,(H2,15,18). The number of rotatable bonds is 7. The third-order valence-electron chi connectivity index (χ3n) is 2.43. The summed E-state index contributed by atoms with van der Waals surface area (Å²) in [5, 5.41) is 12.5. The minimum atomic E-state index is -1.13. The van der Waals surface area contributed by atoms with Crippen molar-refractivity contribution in [2.75, 3.05) is 13.1 Å². The Hall–Kier alpha value is -1.53. The van der Waals surface area contributed by atoms with E-state index in [-0.39, 0.29) is 18.5 Å². The third-order valence-corrected chi connectivity index (χ3v) is 2.43. The number of primary amides is 1. The molecule has 1 amide bonds. The van der Waals surface area contributed by atoms with Crippen molar-refractivity contribution in [3.63, 3.8) is 0 Å².